The van der Waals surface area contributed by atoms with Crippen LogP contribution in [0.5, 0.6) is 0 Å². The fourth-order valence-corrected chi connectivity index (χ4v) is 2.72. The highest BCUT2D eigenvalue weighted by atomic mass is 16.4. The number of nitrogens with one attached hydrogen (secondary N) is 1. The summed E-state index contributed by atoms with van der Waals surface area (Å²) in [4.78, 5) is 23.3. The van der Waals surface area contributed by atoms with E-state index < -0.39 is 5.97 Å². The third-order valence-corrected chi connectivity index (χ3v) is 4.11. The first-order chi connectivity index (χ1) is 12.5. The Labute approximate surface area is 150 Å². The topological polar surface area (TPSA) is 89.2 Å². The van der Waals surface area contributed by atoms with E-state index in [1.54, 1.807) is 6.07 Å². The van der Waals surface area contributed by atoms with Crippen molar-refractivity contribution in [1.82, 2.24) is 19.7 Å². The lowest BCUT2D eigenvalue weighted by molar-refractivity contribution is -0.137. The lowest BCUT2D eigenvalue weighted by Crippen LogP contribution is -2.29. The molecule has 7 nitrogen and oxygen atoms in total. The van der Waals surface area contributed by atoms with Crippen molar-refractivity contribution < 1.29 is 14.7 Å². The second-order valence-corrected chi connectivity index (χ2v) is 5.96. The third kappa shape index (κ3) is 4.00. The highest BCUT2D eigenvalue weighted by Crippen LogP contribution is 2.18. The highest BCUT2D eigenvalue weighted by Gasteiger charge is 2.16. The van der Waals surface area contributed by atoms with E-state index in [4.69, 9.17) is 5.11 Å². The molecule has 134 valence electrons. The number of carboxylic acids is 1. The summed E-state index contributed by atoms with van der Waals surface area (Å²) >= 11 is 0. The Morgan fingerprint density at radius 3 is 2.69 bits per heavy atom. The first-order valence-electron chi connectivity index (χ1n) is 8.32. The number of rotatable bonds is 7. The van der Waals surface area contributed by atoms with Gasteiger partial charge in [-0.2, -0.15) is 5.10 Å². The molecule has 2 aromatic heterocycles. The van der Waals surface area contributed by atoms with Crippen molar-refractivity contribution in [2.45, 2.75) is 25.9 Å². The predicted molar refractivity (Wildman–Crippen MR) is 96.1 cm³/mol. The van der Waals surface area contributed by atoms with Gasteiger partial charge in [-0.3, -0.25) is 14.3 Å². The maximum Gasteiger partial charge on any atom is 0.305 e. The fourth-order valence-electron chi connectivity index (χ4n) is 2.72. The van der Waals surface area contributed by atoms with Crippen molar-refractivity contribution in [3.63, 3.8) is 0 Å². The zero-order chi connectivity index (χ0) is 18.5. The summed E-state index contributed by atoms with van der Waals surface area (Å²) in [6.07, 6.45) is 5.33. The Hall–Kier alpha value is -3.35. The highest BCUT2D eigenvalue weighted by molar-refractivity contribution is 5.92. The van der Waals surface area contributed by atoms with Gasteiger partial charge in [0.15, 0.2) is 0 Å². The second kappa shape index (κ2) is 7.69. The van der Waals surface area contributed by atoms with Crippen LogP contribution in [0.3, 0.4) is 0 Å². The number of carboxylic acid groups (broad SMARTS) is 1. The molecule has 1 amide bonds. The van der Waals surface area contributed by atoms with Gasteiger partial charge in [-0.25, -0.2) is 0 Å². The minimum absolute atomic E-state index is 0.0869. The van der Waals surface area contributed by atoms with E-state index in [0.717, 1.165) is 11.3 Å². The summed E-state index contributed by atoms with van der Waals surface area (Å²) in [5.74, 6) is -1.21. The predicted octanol–water partition coefficient (Wildman–Crippen LogP) is 2.64. The molecule has 0 aliphatic carbocycles. The van der Waals surface area contributed by atoms with E-state index in [9.17, 15) is 9.59 Å². The molecule has 0 saturated carbocycles. The number of hydrogen-bond acceptors (Lipinski definition) is 3. The van der Waals surface area contributed by atoms with E-state index in [0.29, 0.717) is 5.69 Å². The zero-order valence-electron chi connectivity index (χ0n) is 14.4. The quantitative estimate of drug-likeness (QED) is 0.684. The molecule has 0 radical (unpaired) electrons. The molecular formula is C19H20N4O3. The molecule has 26 heavy (non-hydrogen) atoms. The number of aromatic nitrogens is 3. The Bertz CT molecular complexity index is 899. The molecule has 0 aliphatic heterocycles. The van der Waals surface area contributed by atoms with Crippen LogP contribution in [0.25, 0.3) is 5.69 Å². The van der Waals surface area contributed by atoms with Crippen LogP contribution in [0, 0.1) is 0 Å². The molecule has 0 spiro atoms. The van der Waals surface area contributed by atoms with E-state index in [2.05, 4.69) is 10.4 Å². The monoisotopic (exact) mass is 352 g/mol. The first kappa shape index (κ1) is 17.5. The van der Waals surface area contributed by atoms with Gasteiger partial charge in [0.2, 0.25) is 0 Å². The van der Waals surface area contributed by atoms with Gasteiger partial charge in [0, 0.05) is 24.3 Å². The smallest absolute Gasteiger partial charge is 0.305 e. The van der Waals surface area contributed by atoms with E-state index >= 15 is 0 Å². The van der Waals surface area contributed by atoms with E-state index in [1.807, 2.05) is 60.3 Å². The average molecular weight is 352 g/mol. The summed E-state index contributed by atoms with van der Waals surface area (Å²) in [5, 5.41) is 15.8. The summed E-state index contributed by atoms with van der Waals surface area (Å²) in [6.45, 7) is 2.06. The number of benzene rings is 1. The minimum atomic E-state index is -0.929. The lowest BCUT2D eigenvalue weighted by Gasteiger charge is -2.16. The van der Waals surface area contributed by atoms with Gasteiger partial charge in [-0.1, -0.05) is 12.1 Å². The number of carbonyl (C=O) groups excluding carboxylic acids is 1. The number of aliphatic carboxylic acids is 1. The van der Waals surface area contributed by atoms with Crippen molar-refractivity contribution in [2.75, 3.05) is 0 Å². The normalized spacial score (nSPS) is 11.9. The Balaban J connectivity index is 1.71. The second-order valence-electron chi connectivity index (χ2n) is 5.96. The molecule has 2 N–H and O–H groups in total. The van der Waals surface area contributed by atoms with Crippen molar-refractivity contribution in [3.05, 3.63) is 72.3 Å². The van der Waals surface area contributed by atoms with Gasteiger partial charge in [0.1, 0.15) is 5.69 Å². The Kier molecular flexibility index (Phi) is 5.17. The van der Waals surface area contributed by atoms with Crippen LogP contribution in [0.4, 0.5) is 0 Å². The average Bonchev–Trinajstić information content (AvgIpc) is 3.31. The van der Waals surface area contributed by atoms with Crippen LogP contribution in [0.2, 0.25) is 0 Å². The standard InChI is InChI=1S/C19H20N4O3/c1-14(15-5-4-6-16(13-15)22-10-2-3-11-22)21-19(26)17-7-9-20-23(17)12-8-18(24)25/h2-7,9-11,13-14H,8,12H2,1H3,(H,21,26)(H,24,25). The molecule has 0 bridgehead atoms. The molecule has 3 aromatic rings. The Morgan fingerprint density at radius 2 is 1.96 bits per heavy atom. The van der Waals surface area contributed by atoms with Crippen molar-refractivity contribution >= 4 is 11.9 Å². The molecule has 2 heterocycles. The van der Waals surface area contributed by atoms with Gasteiger partial charge in [0.05, 0.1) is 19.0 Å². The molecule has 0 saturated heterocycles. The maximum absolute atomic E-state index is 12.5. The van der Waals surface area contributed by atoms with Crippen LogP contribution in [-0.4, -0.2) is 31.3 Å². The Morgan fingerprint density at radius 1 is 1.19 bits per heavy atom. The minimum Gasteiger partial charge on any atom is -0.481 e. The number of carbonyl (C=O) groups is 2. The molecule has 3 rings (SSSR count). The van der Waals surface area contributed by atoms with Crippen molar-refractivity contribution in [2.24, 2.45) is 0 Å². The molecule has 0 aliphatic rings. The molecule has 1 aromatic carbocycles. The number of aryl methyl sites for hydroxylation is 1. The molecule has 7 heteroatoms. The third-order valence-electron chi connectivity index (χ3n) is 4.11. The van der Waals surface area contributed by atoms with Crippen molar-refractivity contribution in [1.29, 1.82) is 0 Å². The number of nitrogens with zero attached hydrogens (tertiary/aromatic N) is 3. The summed E-state index contributed by atoms with van der Waals surface area (Å²) in [7, 11) is 0. The molecule has 1 unspecified atom stereocenters. The molecule has 1 atom stereocenters. The molecule has 0 fully saturated rings. The van der Waals surface area contributed by atoms with Gasteiger partial charge in [0.25, 0.3) is 5.91 Å². The van der Waals surface area contributed by atoms with Gasteiger partial charge in [-0.15, -0.1) is 0 Å². The fraction of sp³-hybridized carbons (Fsp3) is 0.211. The lowest BCUT2D eigenvalue weighted by atomic mass is 10.1. The summed E-state index contributed by atoms with van der Waals surface area (Å²) in [6, 6.07) is 13.2. The van der Waals surface area contributed by atoms with Crippen LogP contribution in [-0.2, 0) is 11.3 Å². The van der Waals surface area contributed by atoms with Crippen LogP contribution < -0.4 is 5.32 Å². The molecular weight excluding hydrogens is 332 g/mol. The van der Waals surface area contributed by atoms with E-state index in [1.165, 1.54) is 10.9 Å². The summed E-state index contributed by atoms with van der Waals surface area (Å²) in [5.41, 5.74) is 2.33. The number of hydrogen-bond donors (Lipinski definition) is 2. The van der Waals surface area contributed by atoms with Gasteiger partial charge < -0.3 is 15.0 Å². The van der Waals surface area contributed by atoms with E-state index in [-0.39, 0.29) is 24.9 Å². The van der Waals surface area contributed by atoms with Gasteiger partial charge >= 0.3 is 5.97 Å². The largest absolute Gasteiger partial charge is 0.481 e. The summed E-state index contributed by atoms with van der Waals surface area (Å²) < 4.78 is 3.41. The van der Waals surface area contributed by atoms with Gasteiger partial charge in [-0.05, 0) is 42.8 Å². The number of amides is 1. The van der Waals surface area contributed by atoms with Crippen molar-refractivity contribution in [3.8, 4) is 5.69 Å². The van der Waals surface area contributed by atoms with Crippen LogP contribution in [0.15, 0.2) is 61.1 Å². The van der Waals surface area contributed by atoms with Crippen LogP contribution in [0.1, 0.15) is 35.4 Å². The SMILES string of the molecule is CC(NC(=O)c1ccnn1CCC(=O)O)c1cccc(-n2cccc2)c1. The first-order valence-corrected chi connectivity index (χ1v) is 8.32. The maximum atomic E-state index is 12.5. The van der Waals surface area contributed by atoms with Crippen LogP contribution >= 0.6 is 0 Å². The zero-order valence-corrected chi connectivity index (χ0v) is 14.4.